The first-order chi connectivity index (χ1) is 10.8. The predicted octanol–water partition coefficient (Wildman–Crippen LogP) is 2.38. The van der Waals surface area contributed by atoms with Crippen LogP contribution >= 0.6 is 0 Å². The van der Waals surface area contributed by atoms with Crippen LogP contribution < -0.4 is 5.32 Å². The van der Waals surface area contributed by atoms with Crippen molar-refractivity contribution in [2.45, 2.75) is 65.0 Å². The molecular formula is C18H29N3O2. The third-order valence-electron chi connectivity index (χ3n) is 4.68. The molecule has 23 heavy (non-hydrogen) atoms. The minimum atomic E-state index is -0.410. The monoisotopic (exact) mass is 319 g/mol. The zero-order chi connectivity index (χ0) is 17.2. The predicted molar refractivity (Wildman–Crippen MR) is 93.2 cm³/mol. The zero-order valence-electron chi connectivity index (χ0n) is 14.8. The lowest BCUT2D eigenvalue weighted by Crippen LogP contribution is -2.33. The number of carbonyl (C=O) groups excluding carboxylic acids is 1. The molecule has 0 aromatic rings. The summed E-state index contributed by atoms with van der Waals surface area (Å²) in [7, 11) is 0. The van der Waals surface area contributed by atoms with E-state index in [1.807, 2.05) is 20.8 Å². The first-order valence-corrected chi connectivity index (χ1v) is 8.44. The number of aliphatic imine (C=N–C) groups is 1. The van der Waals surface area contributed by atoms with Crippen molar-refractivity contribution in [2.75, 3.05) is 13.1 Å². The smallest absolute Gasteiger partial charge is 0.254 e. The lowest BCUT2D eigenvalue weighted by molar-refractivity contribution is -0.126. The number of nitrogens with zero attached hydrogens (tertiary/aromatic N) is 2. The van der Waals surface area contributed by atoms with Gasteiger partial charge in [0.1, 0.15) is 5.82 Å². The van der Waals surface area contributed by atoms with E-state index in [-0.39, 0.29) is 11.4 Å². The second kappa shape index (κ2) is 6.87. The highest BCUT2D eigenvalue weighted by Gasteiger charge is 2.38. The van der Waals surface area contributed by atoms with Gasteiger partial charge in [0.2, 0.25) is 0 Å². The molecule has 2 N–H and O–H groups in total. The van der Waals surface area contributed by atoms with Crippen LogP contribution in [0.3, 0.4) is 0 Å². The molecule has 2 aliphatic rings. The van der Waals surface area contributed by atoms with Crippen molar-refractivity contribution in [1.82, 2.24) is 10.2 Å². The van der Waals surface area contributed by atoms with Crippen LogP contribution in [0, 0.1) is 0 Å². The van der Waals surface area contributed by atoms with Crippen molar-refractivity contribution in [3.05, 3.63) is 22.5 Å². The van der Waals surface area contributed by atoms with Gasteiger partial charge >= 0.3 is 0 Å². The zero-order valence-corrected chi connectivity index (χ0v) is 14.8. The Morgan fingerprint density at radius 3 is 2.48 bits per heavy atom. The Morgan fingerprint density at radius 2 is 2.09 bits per heavy atom. The van der Waals surface area contributed by atoms with Crippen molar-refractivity contribution in [3.8, 4) is 0 Å². The molecule has 2 rings (SSSR count). The fraction of sp³-hybridized carbons (Fsp3) is 0.667. The SMILES string of the molecule is C=N/C(NC1(C)CC1)=C(\CC)C(C(=O)N1CCC(O)C1)=C(C)C. The molecule has 0 aromatic carbocycles. The van der Waals surface area contributed by atoms with Gasteiger partial charge in [0.15, 0.2) is 0 Å². The van der Waals surface area contributed by atoms with Crippen LogP contribution in [0.2, 0.25) is 0 Å². The van der Waals surface area contributed by atoms with Crippen LogP contribution in [0.5, 0.6) is 0 Å². The molecule has 1 atom stereocenters. The molecule has 1 aliphatic heterocycles. The summed E-state index contributed by atoms with van der Waals surface area (Å²) in [6.07, 6.45) is 3.17. The first kappa shape index (κ1) is 17.7. The van der Waals surface area contributed by atoms with Gasteiger partial charge in [-0.1, -0.05) is 12.5 Å². The van der Waals surface area contributed by atoms with Crippen LogP contribution in [-0.2, 0) is 4.79 Å². The fourth-order valence-electron chi connectivity index (χ4n) is 3.00. The van der Waals surface area contributed by atoms with E-state index in [0.717, 1.165) is 29.8 Å². The third kappa shape index (κ3) is 4.02. The van der Waals surface area contributed by atoms with Gasteiger partial charge in [0.25, 0.3) is 5.91 Å². The molecule has 5 heteroatoms. The molecule has 128 valence electrons. The van der Waals surface area contributed by atoms with Gasteiger partial charge in [-0.2, -0.15) is 0 Å². The molecule has 1 saturated heterocycles. The van der Waals surface area contributed by atoms with E-state index >= 15 is 0 Å². The maximum atomic E-state index is 13.0. The normalized spacial score (nSPS) is 23.2. The summed E-state index contributed by atoms with van der Waals surface area (Å²) in [4.78, 5) is 18.9. The number of allylic oxidation sites excluding steroid dienone is 1. The number of likely N-dealkylation sites (tertiary alicyclic amines) is 1. The average Bonchev–Trinajstić information content (AvgIpc) is 3.06. The average molecular weight is 319 g/mol. The Bertz CT molecular complexity index is 555. The number of carbonyl (C=O) groups is 1. The van der Waals surface area contributed by atoms with Crippen LogP contribution in [-0.4, -0.2) is 47.4 Å². The maximum absolute atomic E-state index is 13.0. The largest absolute Gasteiger partial charge is 0.391 e. The molecule has 1 heterocycles. The molecule has 1 unspecified atom stereocenters. The highest BCUT2D eigenvalue weighted by molar-refractivity contribution is 5.98. The van der Waals surface area contributed by atoms with Crippen LogP contribution in [0.1, 0.15) is 53.4 Å². The van der Waals surface area contributed by atoms with Gasteiger partial charge in [-0.15, -0.1) is 0 Å². The standard InChI is InChI=1S/C18H29N3O2/c1-6-14(16(19-5)20-18(4)8-9-18)15(12(2)3)17(23)21-10-7-13(22)11-21/h13,20,22H,5-11H2,1-4H3/b16-14-. The lowest BCUT2D eigenvalue weighted by atomic mass is 9.97. The van der Waals surface area contributed by atoms with E-state index in [0.29, 0.717) is 31.5 Å². The number of nitrogens with one attached hydrogen (secondary N) is 1. The van der Waals surface area contributed by atoms with E-state index < -0.39 is 6.10 Å². The Hall–Kier alpha value is -1.62. The van der Waals surface area contributed by atoms with Crippen molar-refractivity contribution in [1.29, 1.82) is 0 Å². The summed E-state index contributed by atoms with van der Waals surface area (Å²) in [5.41, 5.74) is 2.67. The van der Waals surface area contributed by atoms with Gasteiger partial charge in [0.05, 0.1) is 6.10 Å². The Labute approximate surface area is 139 Å². The van der Waals surface area contributed by atoms with Crippen LogP contribution in [0.25, 0.3) is 0 Å². The van der Waals surface area contributed by atoms with E-state index in [4.69, 9.17) is 0 Å². The Kier molecular flexibility index (Phi) is 5.30. The number of aliphatic hydroxyl groups excluding tert-OH is 1. The highest BCUT2D eigenvalue weighted by atomic mass is 16.3. The number of β-amino-alcohol motifs (C(OH)–C–C–N with tert-alkyl or cyclic N) is 1. The summed E-state index contributed by atoms with van der Waals surface area (Å²) >= 11 is 0. The quantitative estimate of drug-likeness (QED) is 0.449. The summed E-state index contributed by atoms with van der Waals surface area (Å²) in [5, 5.41) is 13.2. The molecular weight excluding hydrogens is 290 g/mol. The van der Waals surface area contributed by atoms with E-state index in [1.54, 1.807) is 4.90 Å². The Balaban J connectivity index is 2.35. The summed E-state index contributed by atoms with van der Waals surface area (Å²) < 4.78 is 0. The lowest BCUT2D eigenvalue weighted by Gasteiger charge is -2.23. The van der Waals surface area contributed by atoms with Gasteiger partial charge in [-0.3, -0.25) is 4.79 Å². The molecule has 0 bridgehead atoms. The van der Waals surface area contributed by atoms with Gasteiger partial charge in [-0.25, -0.2) is 4.99 Å². The second-order valence-electron chi connectivity index (χ2n) is 7.09. The molecule has 0 spiro atoms. The van der Waals surface area contributed by atoms with Crippen LogP contribution in [0.4, 0.5) is 0 Å². The van der Waals surface area contributed by atoms with Gasteiger partial charge in [0, 0.05) is 29.8 Å². The highest BCUT2D eigenvalue weighted by Crippen LogP contribution is 2.37. The van der Waals surface area contributed by atoms with E-state index in [1.165, 1.54) is 0 Å². The fourth-order valence-corrected chi connectivity index (χ4v) is 3.00. The molecule has 2 fully saturated rings. The van der Waals surface area contributed by atoms with Crippen molar-refractivity contribution in [3.63, 3.8) is 0 Å². The van der Waals surface area contributed by atoms with Gasteiger partial charge < -0.3 is 15.3 Å². The minimum Gasteiger partial charge on any atom is -0.391 e. The van der Waals surface area contributed by atoms with Crippen molar-refractivity contribution < 1.29 is 9.90 Å². The minimum absolute atomic E-state index is 0.0118. The Morgan fingerprint density at radius 1 is 1.43 bits per heavy atom. The topological polar surface area (TPSA) is 64.9 Å². The van der Waals surface area contributed by atoms with Crippen molar-refractivity contribution >= 4 is 12.6 Å². The third-order valence-corrected chi connectivity index (χ3v) is 4.68. The molecule has 1 saturated carbocycles. The summed E-state index contributed by atoms with van der Waals surface area (Å²) in [6.45, 7) is 12.8. The molecule has 5 nitrogen and oxygen atoms in total. The molecule has 0 radical (unpaired) electrons. The second-order valence-corrected chi connectivity index (χ2v) is 7.09. The van der Waals surface area contributed by atoms with E-state index in [9.17, 15) is 9.90 Å². The summed E-state index contributed by atoms with van der Waals surface area (Å²) in [6, 6.07) is 0. The maximum Gasteiger partial charge on any atom is 0.254 e. The molecule has 1 aliphatic carbocycles. The van der Waals surface area contributed by atoms with Crippen LogP contribution in [0.15, 0.2) is 27.5 Å². The number of amides is 1. The summed E-state index contributed by atoms with van der Waals surface area (Å²) in [5.74, 6) is 0.707. The van der Waals surface area contributed by atoms with Crippen molar-refractivity contribution in [2.24, 2.45) is 4.99 Å². The number of aliphatic hydroxyl groups is 1. The number of hydrogen-bond donors (Lipinski definition) is 2. The molecule has 1 amide bonds. The number of hydrogen-bond acceptors (Lipinski definition) is 4. The number of rotatable bonds is 6. The first-order valence-electron chi connectivity index (χ1n) is 8.44. The molecule has 0 aromatic heterocycles. The van der Waals surface area contributed by atoms with Gasteiger partial charge in [-0.05, 0) is 53.2 Å². The van der Waals surface area contributed by atoms with E-state index in [2.05, 4.69) is 24.0 Å².